The third-order valence-corrected chi connectivity index (χ3v) is 10.8. The van der Waals surface area contributed by atoms with Crippen molar-refractivity contribution in [3.63, 3.8) is 0 Å². The van der Waals surface area contributed by atoms with Gasteiger partial charge in [-0.05, 0) is 100 Å². The van der Waals surface area contributed by atoms with Gasteiger partial charge in [0.1, 0.15) is 6.10 Å². The van der Waals surface area contributed by atoms with Crippen LogP contribution in [0.15, 0.2) is 11.6 Å². The summed E-state index contributed by atoms with van der Waals surface area (Å²) in [5, 5.41) is 43.4. The molecule has 1 unspecified atom stereocenters. The van der Waals surface area contributed by atoms with Gasteiger partial charge in [0.05, 0.1) is 23.4 Å². The summed E-state index contributed by atoms with van der Waals surface area (Å²) < 4.78 is 5.76. The highest BCUT2D eigenvalue weighted by Crippen LogP contribution is 2.68. The lowest BCUT2D eigenvalue weighted by atomic mass is 9.46. The fourth-order valence-corrected chi connectivity index (χ4v) is 8.65. The summed E-state index contributed by atoms with van der Waals surface area (Å²) in [6.45, 7) is 11.2. The zero-order valence-electron chi connectivity index (χ0n) is 22.8. The zero-order valence-corrected chi connectivity index (χ0v) is 22.8. The number of hydrogen-bond acceptors (Lipinski definition) is 7. The molecule has 7 nitrogen and oxygen atoms in total. The Morgan fingerprint density at radius 1 is 1.17 bits per heavy atom. The number of aliphatic hydroxyl groups excluding tert-OH is 2. The van der Waals surface area contributed by atoms with Crippen LogP contribution in [0.1, 0.15) is 92.9 Å². The second-order valence-corrected chi connectivity index (χ2v) is 13.5. The Balaban J connectivity index is 1.65. The summed E-state index contributed by atoms with van der Waals surface area (Å²) >= 11 is 0. The molecule has 4 aliphatic rings. The van der Waals surface area contributed by atoms with E-state index in [1.54, 1.807) is 19.9 Å². The van der Waals surface area contributed by atoms with Crippen LogP contribution in [-0.2, 0) is 14.3 Å². The van der Waals surface area contributed by atoms with Crippen molar-refractivity contribution in [3.05, 3.63) is 11.6 Å². The van der Waals surface area contributed by atoms with Gasteiger partial charge in [-0.25, -0.2) is 0 Å². The molecule has 204 valence electrons. The molecule has 0 aromatic heterocycles. The molecule has 0 aromatic carbocycles. The van der Waals surface area contributed by atoms with Crippen LogP contribution in [-0.4, -0.2) is 61.7 Å². The molecule has 4 rings (SSSR count). The lowest BCUT2D eigenvalue weighted by molar-refractivity contribution is -0.160. The SMILES string of the molecule is CC(=O)OC(CCC(C)(C)O)[C@@H](C)[C@H]1CC[C@@]2(O)C3=CC(=O)[C@@H]4C[C@@H](O)[C@@H](O)C[C@]4(C)[C@H]3CC[C@]12C. The van der Waals surface area contributed by atoms with Crippen LogP contribution in [0.3, 0.4) is 0 Å². The quantitative estimate of drug-likeness (QED) is 0.408. The van der Waals surface area contributed by atoms with Gasteiger partial charge < -0.3 is 25.2 Å². The standard InChI is InChI=1S/C29H46O7/c1-16(25(36-17(2)30)9-10-26(3,4)34)18-8-12-29(35)20-13-22(31)21-14-23(32)24(33)15-27(21,5)19(20)7-11-28(18,29)6/h13,16,18-19,21,23-25,32-35H,7-12,14-15H2,1-6H3/t16-,18+,19-,21-,23+,24-,25?,27+,28+,29+/m0/s1. The number of ether oxygens (including phenoxy) is 1. The number of aliphatic hydroxyl groups is 4. The number of carbonyl (C=O) groups is 2. The van der Waals surface area contributed by atoms with Gasteiger partial charge in [-0.3, -0.25) is 9.59 Å². The van der Waals surface area contributed by atoms with E-state index in [0.717, 1.165) is 24.8 Å². The van der Waals surface area contributed by atoms with Crippen LogP contribution in [0.4, 0.5) is 0 Å². The van der Waals surface area contributed by atoms with Gasteiger partial charge in [0.15, 0.2) is 5.78 Å². The molecule has 4 N–H and O–H groups in total. The molecule has 0 bridgehead atoms. The van der Waals surface area contributed by atoms with E-state index in [0.29, 0.717) is 25.7 Å². The molecule has 0 radical (unpaired) electrons. The highest BCUT2D eigenvalue weighted by molar-refractivity contribution is 5.95. The maximum absolute atomic E-state index is 13.3. The lowest BCUT2D eigenvalue weighted by Gasteiger charge is -2.60. The van der Waals surface area contributed by atoms with Crippen LogP contribution in [0, 0.1) is 34.5 Å². The first-order chi connectivity index (χ1) is 16.5. The van der Waals surface area contributed by atoms with Gasteiger partial charge in [0.2, 0.25) is 0 Å². The third kappa shape index (κ3) is 4.38. The Labute approximate surface area is 215 Å². The number of rotatable bonds is 6. The number of ketones is 1. The van der Waals surface area contributed by atoms with Crippen LogP contribution in [0.5, 0.6) is 0 Å². The van der Waals surface area contributed by atoms with E-state index in [4.69, 9.17) is 4.74 Å². The largest absolute Gasteiger partial charge is 0.462 e. The molecule has 3 fully saturated rings. The smallest absolute Gasteiger partial charge is 0.302 e. The van der Waals surface area contributed by atoms with E-state index < -0.39 is 34.2 Å². The second kappa shape index (κ2) is 9.18. The van der Waals surface area contributed by atoms with E-state index in [-0.39, 0.29) is 47.9 Å². The van der Waals surface area contributed by atoms with Crippen molar-refractivity contribution in [2.24, 2.45) is 34.5 Å². The normalized spacial score (nSPS) is 44.1. The number of allylic oxidation sites excluding steroid dienone is 1. The minimum absolute atomic E-state index is 0.0195. The summed E-state index contributed by atoms with van der Waals surface area (Å²) in [7, 11) is 0. The van der Waals surface area contributed by atoms with Crippen molar-refractivity contribution < 1.29 is 34.8 Å². The fraction of sp³-hybridized carbons (Fsp3) is 0.862. The fourth-order valence-electron chi connectivity index (χ4n) is 8.65. The maximum atomic E-state index is 13.3. The first-order valence-corrected chi connectivity index (χ1v) is 13.8. The Kier molecular flexibility index (Phi) is 7.07. The van der Waals surface area contributed by atoms with Crippen LogP contribution < -0.4 is 0 Å². The van der Waals surface area contributed by atoms with E-state index in [1.807, 2.05) is 0 Å². The zero-order chi connectivity index (χ0) is 26.8. The molecule has 0 heterocycles. The monoisotopic (exact) mass is 506 g/mol. The van der Waals surface area contributed by atoms with E-state index in [2.05, 4.69) is 20.8 Å². The average molecular weight is 507 g/mol. The van der Waals surface area contributed by atoms with E-state index in [9.17, 15) is 30.0 Å². The van der Waals surface area contributed by atoms with Gasteiger partial charge in [0, 0.05) is 18.3 Å². The molecular formula is C29H46O7. The van der Waals surface area contributed by atoms with Crippen molar-refractivity contribution in [3.8, 4) is 0 Å². The Bertz CT molecular complexity index is 921. The molecule has 4 aliphatic carbocycles. The first-order valence-electron chi connectivity index (χ1n) is 13.8. The molecular weight excluding hydrogens is 460 g/mol. The predicted octanol–water partition coefficient (Wildman–Crippen LogP) is 3.31. The molecule has 36 heavy (non-hydrogen) atoms. The summed E-state index contributed by atoms with van der Waals surface area (Å²) in [6, 6.07) is 0. The van der Waals surface area contributed by atoms with Crippen LogP contribution >= 0.6 is 0 Å². The van der Waals surface area contributed by atoms with Crippen LogP contribution in [0.25, 0.3) is 0 Å². The van der Waals surface area contributed by atoms with Gasteiger partial charge >= 0.3 is 5.97 Å². The average Bonchev–Trinajstić information content (AvgIpc) is 3.03. The van der Waals surface area contributed by atoms with Crippen molar-refractivity contribution in [2.45, 2.75) is 122 Å². The summed E-state index contributed by atoms with van der Waals surface area (Å²) in [5.74, 6) is -0.705. The third-order valence-electron chi connectivity index (χ3n) is 10.8. The molecule has 0 saturated heterocycles. The van der Waals surface area contributed by atoms with Gasteiger partial charge in [-0.1, -0.05) is 20.8 Å². The Morgan fingerprint density at radius 2 is 1.83 bits per heavy atom. The van der Waals surface area contributed by atoms with Crippen molar-refractivity contribution >= 4 is 11.8 Å². The predicted molar refractivity (Wildman–Crippen MR) is 135 cm³/mol. The number of esters is 1. The topological polar surface area (TPSA) is 124 Å². The van der Waals surface area contributed by atoms with Crippen molar-refractivity contribution in [2.75, 3.05) is 0 Å². The first kappa shape index (κ1) is 27.7. The maximum Gasteiger partial charge on any atom is 0.302 e. The van der Waals surface area contributed by atoms with Gasteiger partial charge in [-0.2, -0.15) is 0 Å². The Morgan fingerprint density at radius 3 is 2.44 bits per heavy atom. The molecule has 0 amide bonds. The second-order valence-electron chi connectivity index (χ2n) is 13.5. The minimum Gasteiger partial charge on any atom is -0.462 e. The number of carbonyl (C=O) groups excluding carboxylic acids is 2. The molecule has 10 atom stereocenters. The molecule has 7 heteroatoms. The summed E-state index contributed by atoms with van der Waals surface area (Å²) in [5.41, 5.74) is -2.19. The van der Waals surface area contributed by atoms with Gasteiger partial charge in [0.25, 0.3) is 0 Å². The molecule has 0 spiro atoms. The summed E-state index contributed by atoms with van der Waals surface area (Å²) in [4.78, 5) is 25.3. The number of fused-ring (bicyclic) bond motifs is 5. The molecule has 3 saturated carbocycles. The van der Waals surface area contributed by atoms with E-state index >= 15 is 0 Å². The molecule has 0 aliphatic heterocycles. The minimum atomic E-state index is -1.14. The molecule has 0 aromatic rings. The Hall–Kier alpha value is -1.28. The highest BCUT2D eigenvalue weighted by Gasteiger charge is 2.67. The lowest BCUT2D eigenvalue weighted by Crippen LogP contribution is -2.61. The number of hydrogen-bond donors (Lipinski definition) is 4. The van der Waals surface area contributed by atoms with Crippen LogP contribution in [0.2, 0.25) is 0 Å². The summed E-state index contributed by atoms with van der Waals surface area (Å²) in [6.07, 6.45) is 4.08. The van der Waals surface area contributed by atoms with Crippen molar-refractivity contribution in [1.29, 1.82) is 0 Å². The van der Waals surface area contributed by atoms with Gasteiger partial charge in [-0.15, -0.1) is 0 Å². The van der Waals surface area contributed by atoms with Crippen molar-refractivity contribution in [1.82, 2.24) is 0 Å². The van der Waals surface area contributed by atoms with E-state index in [1.165, 1.54) is 6.92 Å². The highest BCUT2D eigenvalue weighted by atomic mass is 16.5.